The monoisotopic (exact) mass is 197 g/mol. The molecule has 15 heavy (non-hydrogen) atoms. The van der Waals surface area contributed by atoms with Crippen LogP contribution in [-0.4, -0.2) is 16.5 Å². The van der Waals surface area contributed by atoms with Crippen LogP contribution in [0, 0.1) is 11.8 Å². The van der Waals surface area contributed by atoms with E-state index in [2.05, 4.69) is 27.1 Å². The molecule has 1 aromatic carbocycles. The first-order valence-electron chi connectivity index (χ1n) is 4.75. The fourth-order valence-electron chi connectivity index (χ4n) is 1.36. The number of anilines is 1. The molecule has 0 spiro atoms. The predicted molar refractivity (Wildman–Crippen MR) is 61.5 cm³/mol. The van der Waals surface area contributed by atoms with Crippen molar-refractivity contribution in [3.63, 3.8) is 0 Å². The quantitative estimate of drug-likeness (QED) is 0.749. The Bertz CT molecular complexity index is 518. The molecule has 0 bridgehead atoms. The van der Waals surface area contributed by atoms with Crippen LogP contribution in [0.1, 0.15) is 6.92 Å². The molecule has 1 heterocycles. The van der Waals surface area contributed by atoms with Crippen molar-refractivity contribution in [2.75, 3.05) is 11.9 Å². The zero-order valence-corrected chi connectivity index (χ0v) is 8.49. The van der Waals surface area contributed by atoms with E-state index in [-0.39, 0.29) is 0 Å². The largest absolute Gasteiger partial charge is 0.359 e. The summed E-state index contributed by atoms with van der Waals surface area (Å²) in [5.74, 6) is 6.61. The highest BCUT2D eigenvalue weighted by atomic mass is 15.0. The summed E-state index contributed by atoms with van der Waals surface area (Å²) in [5, 5.41) is 4.19. The topological polar surface area (TPSA) is 37.8 Å². The third-order valence-electron chi connectivity index (χ3n) is 2.06. The van der Waals surface area contributed by atoms with Gasteiger partial charge in [0.15, 0.2) is 0 Å². The molecule has 0 atom stereocenters. The van der Waals surface area contributed by atoms with Gasteiger partial charge in [0.25, 0.3) is 0 Å². The Balaban J connectivity index is 2.36. The van der Waals surface area contributed by atoms with E-state index in [0.29, 0.717) is 6.54 Å². The normalized spacial score (nSPS) is 9.40. The zero-order valence-electron chi connectivity index (χ0n) is 8.49. The fourth-order valence-corrected chi connectivity index (χ4v) is 1.36. The summed E-state index contributed by atoms with van der Waals surface area (Å²) in [4.78, 5) is 8.37. The Morgan fingerprint density at radius 2 is 2.13 bits per heavy atom. The van der Waals surface area contributed by atoms with Gasteiger partial charge in [0, 0.05) is 5.39 Å². The number of nitrogens with one attached hydrogen (secondary N) is 1. The van der Waals surface area contributed by atoms with Gasteiger partial charge in [-0.1, -0.05) is 18.1 Å². The van der Waals surface area contributed by atoms with Gasteiger partial charge < -0.3 is 5.32 Å². The average Bonchev–Trinajstić information content (AvgIpc) is 2.30. The molecule has 0 amide bonds. The van der Waals surface area contributed by atoms with Crippen molar-refractivity contribution in [2.24, 2.45) is 0 Å². The number of hydrogen-bond acceptors (Lipinski definition) is 3. The van der Waals surface area contributed by atoms with Crippen LogP contribution in [-0.2, 0) is 0 Å². The lowest BCUT2D eigenvalue weighted by atomic mass is 10.2. The second-order valence-corrected chi connectivity index (χ2v) is 3.02. The molecule has 2 rings (SSSR count). The maximum atomic E-state index is 4.19. The van der Waals surface area contributed by atoms with E-state index in [1.54, 1.807) is 6.33 Å². The van der Waals surface area contributed by atoms with E-state index in [1.807, 2.05) is 31.2 Å². The van der Waals surface area contributed by atoms with Gasteiger partial charge in [0.05, 0.1) is 12.1 Å². The van der Waals surface area contributed by atoms with Gasteiger partial charge in [-0.2, -0.15) is 0 Å². The van der Waals surface area contributed by atoms with E-state index in [4.69, 9.17) is 0 Å². The third-order valence-corrected chi connectivity index (χ3v) is 2.06. The first kappa shape index (κ1) is 9.47. The molecule has 0 aliphatic carbocycles. The predicted octanol–water partition coefficient (Wildman–Crippen LogP) is 2.06. The van der Waals surface area contributed by atoms with Crippen LogP contribution in [0.5, 0.6) is 0 Å². The summed E-state index contributed by atoms with van der Waals surface area (Å²) in [6, 6.07) is 7.90. The fraction of sp³-hybridized carbons (Fsp3) is 0.167. The van der Waals surface area contributed by atoms with Gasteiger partial charge >= 0.3 is 0 Å². The van der Waals surface area contributed by atoms with Crippen molar-refractivity contribution in [3.05, 3.63) is 30.6 Å². The van der Waals surface area contributed by atoms with Crippen LogP contribution >= 0.6 is 0 Å². The number of rotatable bonds is 2. The highest BCUT2D eigenvalue weighted by Gasteiger charge is 2.00. The molecule has 0 unspecified atom stereocenters. The van der Waals surface area contributed by atoms with Crippen molar-refractivity contribution in [1.29, 1.82) is 0 Å². The average molecular weight is 197 g/mol. The number of nitrogens with zero attached hydrogens (tertiary/aromatic N) is 2. The minimum absolute atomic E-state index is 0.609. The Morgan fingerprint density at radius 1 is 1.27 bits per heavy atom. The van der Waals surface area contributed by atoms with E-state index >= 15 is 0 Å². The number of aromatic nitrogens is 2. The van der Waals surface area contributed by atoms with Gasteiger partial charge in [-0.25, -0.2) is 9.97 Å². The minimum atomic E-state index is 0.609. The number of fused-ring (bicyclic) bond motifs is 1. The van der Waals surface area contributed by atoms with Crippen LogP contribution in [0.4, 0.5) is 5.82 Å². The van der Waals surface area contributed by atoms with Gasteiger partial charge in [-0.05, 0) is 19.1 Å². The molecule has 1 aromatic heterocycles. The van der Waals surface area contributed by atoms with Crippen molar-refractivity contribution in [1.82, 2.24) is 9.97 Å². The van der Waals surface area contributed by atoms with Gasteiger partial charge in [0.2, 0.25) is 0 Å². The van der Waals surface area contributed by atoms with Crippen molar-refractivity contribution < 1.29 is 0 Å². The second kappa shape index (κ2) is 4.43. The van der Waals surface area contributed by atoms with Gasteiger partial charge in [-0.15, -0.1) is 5.92 Å². The van der Waals surface area contributed by atoms with Crippen LogP contribution in [0.3, 0.4) is 0 Å². The lowest BCUT2D eigenvalue weighted by Crippen LogP contribution is -2.01. The van der Waals surface area contributed by atoms with Gasteiger partial charge in [-0.3, -0.25) is 0 Å². The van der Waals surface area contributed by atoms with E-state index in [0.717, 1.165) is 16.7 Å². The van der Waals surface area contributed by atoms with Crippen molar-refractivity contribution >= 4 is 16.7 Å². The first-order chi connectivity index (χ1) is 7.42. The molecule has 1 N–H and O–H groups in total. The van der Waals surface area contributed by atoms with Crippen LogP contribution in [0.2, 0.25) is 0 Å². The Labute approximate surface area is 88.6 Å². The van der Waals surface area contributed by atoms with Gasteiger partial charge in [0.1, 0.15) is 12.1 Å². The minimum Gasteiger partial charge on any atom is -0.359 e. The van der Waals surface area contributed by atoms with Crippen molar-refractivity contribution in [2.45, 2.75) is 6.92 Å². The second-order valence-electron chi connectivity index (χ2n) is 3.02. The summed E-state index contributed by atoms with van der Waals surface area (Å²) in [7, 11) is 0. The van der Waals surface area contributed by atoms with Crippen LogP contribution in [0.25, 0.3) is 10.9 Å². The lowest BCUT2D eigenvalue weighted by Gasteiger charge is -2.04. The maximum absolute atomic E-state index is 4.19. The summed E-state index contributed by atoms with van der Waals surface area (Å²) in [6.45, 7) is 2.43. The molecule has 0 fully saturated rings. The molecule has 0 saturated heterocycles. The Kier molecular flexibility index (Phi) is 2.80. The molecule has 0 radical (unpaired) electrons. The molecule has 3 heteroatoms. The summed E-state index contributed by atoms with van der Waals surface area (Å²) in [5.41, 5.74) is 0.944. The highest BCUT2D eigenvalue weighted by Crippen LogP contribution is 2.17. The lowest BCUT2D eigenvalue weighted by molar-refractivity contribution is 1.19. The third kappa shape index (κ3) is 2.05. The summed E-state index contributed by atoms with van der Waals surface area (Å²) < 4.78 is 0. The molecule has 74 valence electrons. The molecular formula is C12H11N3. The van der Waals surface area contributed by atoms with Crippen molar-refractivity contribution in [3.8, 4) is 11.8 Å². The molecule has 3 nitrogen and oxygen atoms in total. The molecule has 0 aliphatic heterocycles. The van der Waals surface area contributed by atoms with E-state index in [1.165, 1.54) is 0 Å². The SMILES string of the molecule is CC#CCNc1ncnc2ccccc12. The highest BCUT2D eigenvalue weighted by molar-refractivity contribution is 5.88. The maximum Gasteiger partial charge on any atom is 0.138 e. The van der Waals surface area contributed by atoms with E-state index in [9.17, 15) is 0 Å². The standard InChI is InChI=1S/C12H11N3/c1-2-3-8-13-12-10-6-4-5-7-11(10)14-9-15-12/h4-7,9H,8H2,1H3,(H,13,14,15). The Morgan fingerprint density at radius 3 is 3.00 bits per heavy atom. The first-order valence-corrected chi connectivity index (χ1v) is 4.75. The summed E-state index contributed by atoms with van der Waals surface area (Å²) >= 11 is 0. The molecular weight excluding hydrogens is 186 g/mol. The summed E-state index contributed by atoms with van der Waals surface area (Å²) in [6.07, 6.45) is 1.56. The van der Waals surface area contributed by atoms with E-state index < -0.39 is 0 Å². The zero-order chi connectivity index (χ0) is 10.5. The smallest absolute Gasteiger partial charge is 0.138 e. The number of hydrogen-bond donors (Lipinski definition) is 1. The van der Waals surface area contributed by atoms with Crippen LogP contribution in [0.15, 0.2) is 30.6 Å². The Hall–Kier alpha value is -2.08. The molecule has 0 aliphatic rings. The van der Waals surface area contributed by atoms with Crippen LogP contribution < -0.4 is 5.32 Å². The number of para-hydroxylation sites is 1. The molecule has 0 saturated carbocycles. The number of benzene rings is 1. The molecule has 2 aromatic rings.